The second-order valence-electron chi connectivity index (χ2n) is 5.13. The van der Waals surface area contributed by atoms with E-state index >= 15 is 0 Å². The van der Waals surface area contributed by atoms with Gasteiger partial charge in [0.1, 0.15) is 5.82 Å². The average Bonchev–Trinajstić information content (AvgIpc) is 2.98. The number of anilines is 2. The molecule has 1 fully saturated rings. The summed E-state index contributed by atoms with van der Waals surface area (Å²) in [6.45, 7) is 5.18. The lowest BCUT2D eigenvalue weighted by Crippen LogP contribution is -2.46. The topological polar surface area (TPSA) is 58.3 Å². The Morgan fingerprint density at radius 2 is 2.05 bits per heavy atom. The van der Waals surface area contributed by atoms with E-state index in [-0.39, 0.29) is 0 Å². The van der Waals surface area contributed by atoms with Gasteiger partial charge in [0.2, 0.25) is 0 Å². The van der Waals surface area contributed by atoms with Crippen molar-refractivity contribution in [2.45, 2.75) is 6.42 Å². The predicted molar refractivity (Wildman–Crippen MR) is 90.9 cm³/mol. The number of piperazine rings is 1. The van der Waals surface area contributed by atoms with Gasteiger partial charge in [-0.1, -0.05) is 29.2 Å². The van der Waals surface area contributed by atoms with Crippen molar-refractivity contribution in [2.24, 2.45) is 0 Å². The zero-order valence-electron chi connectivity index (χ0n) is 12.4. The van der Waals surface area contributed by atoms with Gasteiger partial charge in [0, 0.05) is 45.3 Å². The molecule has 22 heavy (non-hydrogen) atoms. The van der Waals surface area contributed by atoms with Crippen molar-refractivity contribution >= 4 is 22.3 Å². The van der Waals surface area contributed by atoms with Crippen LogP contribution in [0, 0.1) is 11.8 Å². The van der Waals surface area contributed by atoms with Gasteiger partial charge in [-0.15, -0.1) is 0 Å². The largest absolute Gasteiger partial charge is 0.375 e. The Bertz CT molecular complexity index is 650. The van der Waals surface area contributed by atoms with E-state index in [1.54, 1.807) is 6.20 Å². The standard InChI is InChI=1S/C16H19N5S/c17-16-19-13-14(22-16)5-2-4-8-20-9-11-21(12-10-20)15-6-1-3-7-18-15/h1,3,6-7,13H,4,8-12H2,(H2,17,19). The van der Waals surface area contributed by atoms with Crippen LogP contribution < -0.4 is 10.6 Å². The molecule has 0 radical (unpaired) electrons. The molecule has 2 aromatic heterocycles. The van der Waals surface area contributed by atoms with Crippen LogP contribution in [0.2, 0.25) is 0 Å². The summed E-state index contributed by atoms with van der Waals surface area (Å²) in [4.78, 5) is 14.1. The number of rotatable bonds is 3. The number of pyridine rings is 1. The first-order chi connectivity index (χ1) is 10.8. The Kier molecular flexibility index (Phi) is 4.88. The molecule has 0 amide bonds. The van der Waals surface area contributed by atoms with Gasteiger partial charge in [-0.05, 0) is 12.1 Å². The molecule has 3 heterocycles. The van der Waals surface area contributed by atoms with Crippen molar-refractivity contribution in [1.29, 1.82) is 0 Å². The smallest absolute Gasteiger partial charge is 0.181 e. The molecular weight excluding hydrogens is 294 g/mol. The average molecular weight is 313 g/mol. The van der Waals surface area contributed by atoms with E-state index in [9.17, 15) is 0 Å². The molecule has 2 aromatic rings. The lowest BCUT2D eigenvalue weighted by molar-refractivity contribution is 0.263. The van der Waals surface area contributed by atoms with Crippen LogP contribution in [-0.4, -0.2) is 47.6 Å². The van der Waals surface area contributed by atoms with E-state index in [0.717, 1.165) is 49.8 Å². The first kappa shape index (κ1) is 14.8. The van der Waals surface area contributed by atoms with Gasteiger partial charge in [0.15, 0.2) is 5.13 Å². The lowest BCUT2D eigenvalue weighted by atomic mass is 10.3. The van der Waals surface area contributed by atoms with Crippen molar-refractivity contribution in [3.05, 3.63) is 35.5 Å². The first-order valence-corrected chi connectivity index (χ1v) is 8.21. The van der Waals surface area contributed by atoms with Crippen LogP contribution in [0.3, 0.4) is 0 Å². The minimum atomic E-state index is 0.579. The number of nitrogens with two attached hydrogens (primary N) is 1. The number of nitrogens with zero attached hydrogens (tertiary/aromatic N) is 4. The van der Waals surface area contributed by atoms with Gasteiger partial charge in [-0.2, -0.15) is 0 Å². The van der Waals surface area contributed by atoms with Crippen LogP contribution in [0.4, 0.5) is 10.9 Å². The summed E-state index contributed by atoms with van der Waals surface area (Å²) in [5.74, 6) is 7.39. The zero-order valence-corrected chi connectivity index (χ0v) is 13.2. The van der Waals surface area contributed by atoms with E-state index < -0.39 is 0 Å². The van der Waals surface area contributed by atoms with E-state index in [2.05, 4.69) is 37.7 Å². The summed E-state index contributed by atoms with van der Waals surface area (Å²) in [6.07, 6.45) is 4.46. The van der Waals surface area contributed by atoms with Crippen molar-refractivity contribution < 1.29 is 0 Å². The number of hydrogen-bond donors (Lipinski definition) is 1. The fourth-order valence-corrected chi connectivity index (χ4v) is 3.01. The van der Waals surface area contributed by atoms with Crippen LogP contribution >= 0.6 is 11.3 Å². The minimum absolute atomic E-state index is 0.579. The fraction of sp³-hybridized carbons (Fsp3) is 0.375. The molecule has 0 saturated carbocycles. The highest BCUT2D eigenvalue weighted by atomic mass is 32.1. The monoisotopic (exact) mass is 313 g/mol. The van der Waals surface area contributed by atoms with E-state index in [4.69, 9.17) is 5.73 Å². The van der Waals surface area contributed by atoms with E-state index in [0.29, 0.717) is 5.13 Å². The fourth-order valence-electron chi connectivity index (χ4n) is 2.45. The van der Waals surface area contributed by atoms with Gasteiger partial charge < -0.3 is 10.6 Å². The molecule has 1 aliphatic heterocycles. The van der Waals surface area contributed by atoms with Crippen molar-refractivity contribution in [2.75, 3.05) is 43.4 Å². The maximum Gasteiger partial charge on any atom is 0.181 e. The van der Waals surface area contributed by atoms with Gasteiger partial charge in [0.25, 0.3) is 0 Å². The maximum atomic E-state index is 5.58. The summed E-state index contributed by atoms with van der Waals surface area (Å²) >= 11 is 1.44. The van der Waals surface area contributed by atoms with Gasteiger partial charge in [-0.3, -0.25) is 4.90 Å². The third-order valence-electron chi connectivity index (χ3n) is 3.63. The van der Waals surface area contributed by atoms with Crippen LogP contribution in [0.5, 0.6) is 0 Å². The number of thiazole rings is 1. The van der Waals surface area contributed by atoms with E-state index in [1.807, 2.05) is 18.3 Å². The molecule has 114 valence electrons. The Morgan fingerprint density at radius 1 is 1.18 bits per heavy atom. The third-order valence-corrected chi connectivity index (χ3v) is 4.38. The highest BCUT2D eigenvalue weighted by Crippen LogP contribution is 2.13. The van der Waals surface area contributed by atoms with Crippen molar-refractivity contribution in [3.63, 3.8) is 0 Å². The summed E-state index contributed by atoms with van der Waals surface area (Å²) in [7, 11) is 0. The van der Waals surface area contributed by atoms with Crippen molar-refractivity contribution in [1.82, 2.24) is 14.9 Å². The third kappa shape index (κ3) is 3.97. The van der Waals surface area contributed by atoms with Gasteiger partial charge >= 0.3 is 0 Å². The van der Waals surface area contributed by atoms with Crippen LogP contribution in [-0.2, 0) is 0 Å². The zero-order chi connectivity index (χ0) is 15.2. The Morgan fingerprint density at radius 3 is 2.73 bits per heavy atom. The van der Waals surface area contributed by atoms with Gasteiger partial charge in [0.05, 0.1) is 11.1 Å². The summed E-state index contributed by atoms with van der Waals surface area (Å²) in [6, 6.07) is 6.06. The summed E-state index contributed by atoms with van der Waals surface area (Å²) in [5, 5.41) is 0.579. The second kappa shape index (κ2) is 7.25. The molecular formula is C16H19N5S. The molecule has 0 unspecified atom stereocenters. The Balaban J connectivity index is 1.42. The molecule has 0 aromatic carbocycles. The maximum absolute atomic E-state index is 5.58. The quantitative estimate of drug-likeness (QED) is 0.874. The minimum Gasteiger partial charge on any atom is -0.375 e. The normalized spacial score (nSPS) is 15.4. The molecule has 1 saturated heterocycles. The SMILES string of the molecule is Nc1ncc(C#CCCN2CCN(c3ccccn3)CC2)s1. The summed E-state index contributed by atoms with van der Waals surface area (Å²) in [5.41, 5.74) is 5.58. The Hall–Kier alpha value is -2.10. The first-order valence-electron chi connectivity index (χ1n) is 7.40. The number of aromatic nitrogens is 2. The number of nitrogen functional groups attached to an aromatic ring is 1. The highest BCUT2D eigenvalue weighted by Gasteiger charge is 2.16. The number of hydrogen-bond acceptors (Lipinski definition) is 6. The molecule has 0 atom stereocenters. The predicted octanol–water partition coefficient (Wildman–Crippen LogP) is 1.68. The molecule has 3 rings (SSSR count). The van der Waals surface area contributed by atoms with Crippen LogP contribution in [0.1, 0.15) is 11.3 Å². The Labute approximate surface area is 134 Å². The van der Waals surface area contributed by atoms with Crippen molar-refractivity contribution in [3.8, 4) is 11.8 Å². The highest BCUT2D eigenvalue weighted by molar-refractivity contribution is 7.15. The molecule has 2 N–H and O–H groups in total. The molecule has 0 bridgehead atoms. The van der Waals surface area contributed by atoms with Crippen LogP contribution in [0.15, 0.2) is 30.6 Å². The lowest BCUT2D eigenvalue weighted by Gasteiger charge is -2.35. The molecule has 5 nitrogen and oxygen atoms in total. The molecule has 0 spiro atoms. The van der Waals surface area contributed by atoms with E-state index in [1.165, 1.54) is 11.3 Å². The molecule has 0 aliphatic carbocycles. The molecule has 1 aliphatic rings. The molecule has 6 heteroatoms. The van der Waals surface area contributed by atoms with Gasteiger partial charge in [-0.25, -0.2) is 9.97 Å². The summed E-state index contributed by atoms with van der Waals surface area (Å²) < 4.78 is 0. The van der Waals surface area contributed by atoms with Crippen LogP contribution in [0.25, 0.3) is 0 Å². The second-order valence-corrected chi connectivity index (χ2v) is 6.19.